The molecule has 1 fully saturated rings. The Morgan fingerprint density at radius 2 is 2.27 bits per heavy atom. The summed E-state index contributed by atoms with van der Waals surface area (Å²) in [4.78, 5) is 13.3. The maximum atomic E-state index is 11.2. The first-order valence-corrected chi connectivity index (χ1v) is 5.05. The molecule has 0 unspecified atom stereocenters. The van der Waals surface area contributed by atoms with Crippen molar-refractivity contribution in [3.05, 3.63) is 23.8 Å². The van der Waals surface area contributed by atoms with E-state index in [2.05, 4.69) is 5.32 Å². The fraction of sp³-hybridized carbons (Fsp3) is 0.364. The Labute approximate surface area is 89.1 Å². The normalized spacial score (nSPS) is 16.3. The summed E-state index contributed by atoms with van der Waals surface area (Å²) in [5, 5.41) is 2.79. The second-order valence-electron chi connectivity index (χ2n) is 3.78. The van der Waals surface area contributed by atoms with Gasteiger partial charge in [-0.2, -0.15) is 0 Å². The maximum absolute atomic E-state index is 11.2. The van der Waals surface area contributed by atoms with Crippen LogP contribution in [0, 0.1) is 6.92 Å². The molecule has 80 valence electrons. The molecule has 0 radical (unpaired) electrons. The molecule has 0 bridgehead atoms. The number of nitrogens with zero attached hydrogens (tertiary/aromatic N) is 1. The third-order valence-corrected chi connectivity index (χ3v) is 2.68. The molecule has 4 nitrogen and oxygen atoms in total. The summed E-state index contributed by atoms with van der Waals surface area (Å²) in [6.07, 6.45) is 0. The van der Waals surface area contributed by atoms with Crippen molar-refractivity contribution in [3.63, 3.8) is 0 Å². The van der Waals surface area contributed by atoms with Gasteiger partial charge in [-0.15, -0.1) is 0 Å². The highest BCUT2D eigenvalue weighted by Crippen LogP contribution is 2.26. The number of carbonyl (C=O) groups excluding carboxylic acids is 1. The Morgan fingerprint density at radius 1 is 1.47 bits per heavy atom. The molecule has 1 aliphatic heterocycles. The van der Waals surface area contributed by atoms with Crippen LogP contribution in [0.4, 0.5) is 11.4 Å². The number of hydrogen-bond acceptors (Lipinski definition) is 3. The lowest BCUT2D eigenvalue weighted by molar-refractivity contribution is -0.120. The molecule has 15 heavy (non-hydrogen) atoms. The van der Waals surface area contributed by atoms with Crippen molar-refractivity contribution in [2.75, 3.05) is 30.3 Å². The zero-order chi connectivity index (χ0) is 10.8. The van der Waals surface area contributed by atoms with Crippen molar-refractivity contribution in [2.24, 2.45) is 0 Å². The lowest BCUT2D eigenvalue weighted by Gasteiger charge is -2.29. The summed E-state index contributed by atoms with van der Waals surface area (Å²) >= 11 is 0. The summed E-state index contributed by atoms with van der Waals surface area (Å²) in [6.45, 7) is 3.88. The standard InChI is InChI=1S/C11H15N3O/c1-8-3-2-4-9(11(8)12)14-6-5-13-10(15)7-14/h2-4H,5-7,12H2,1H3,(H,13,15). The Morgan fingerprint density at radius 3 is 3.00 bits per heavy atom. The lowest BCUT2D eigenvalue weighted by atomic mass is 10.1. The van der Waals surface area contributed by atoms with E-state index in [9.17, 15) is 4.79 Å². The number of anilines is 2. The summed E-state index contributed by atoms with van der Waals surface area (Å²) < 4.78 is 0. The van der Waals surface area contributed by atoms with Gasteiger partial charge in [0.15, 0.2) is 0 Å². The number of nitrogens with two attached hydrogens (primary N) is 1. The van der Waals surface area contributed by atoms with Gasteiger partial charge >= 0.3 is 0 Å². The average Bonchev–Trinajstić information content (AvgIpc) is 2.22. The number of piperazine rings is 1. The van der Waals surface area contributed by atoms with Crippen LogP contribution in [-0.2, 0) is 4.79 Å². The molecule has 0 atom stereocenters. The van der Waals surface area contributed by atoms with E-state index < -0.39 is 0 Å². The molecule has 0 saturated carbocycles. The molecular weight excluding hydrogens is 190 g/mol. The van der Waals surface area contributed by atoms with Gasteiger partial charge in [0.1, 0.15) is 0 Å². The number of aryl methyl sites for hydroxylation is 1. The number of hydrogen-bond donors (Lipinski definition) is 2. The van der Waals surface area contributed by atoms with Gasteiger partial charge < -0.3 is 16.0 Å². The third-order valence-electron chi connectivity index (χ3n) is 2.68. The number of para-hydroxylation sites is 1. The van der Waals surface area contributed by atoms with Gasteiger partial charge in [0.05, 0.1) is 17.9 Å². The number of rotatable bonds is 1. The van der Waals surface area contributed by atoms with Gasteiger partial charge in [-0.25, -0.2) is 0 Å². The van der Waals surface area contributed by atoms with Crippen molar-refractivity contribution >= 4 is 17.3 Å². The summed E-state index contributed by atoms with van der Waals surface area (Å²) in [5.41, 5.74) is 8.77. The van der Waals surface area contributed by atoms with Crippen molar-refractivity contribution in [1.29, 1.82) is 0 Å². The summed E-state index contributed by atoms with van der Waals surface area (Å²) in [5.74, 6) is 0.0576. The number of benzene rings is 1. The van der Waals surface area contributed by atoms with Crippen LogP contribution in [0.5, 0.6) is 0 Å². The van der Waals surface area contributed by atoms with E-state index in [0.29, 0.717) is 13.1 Å². The highest BCUT2D eigenvalue weighted by Gasteiger charge is 2.18. The molecule has 2 rings (SSSR count). The van der Waals surface area contributed by atoms with Crippen LogP contribution in [0.1, 0.15) is 5.56 Å². The molecule has 1 aromatic carbocycles. The molecule has 4 heteroatoms. The van der Waals surface area contributed by atoms with Crippen LogP contribution in [0.2, 0.25) is 0 Å². The predicted molar refractivity (Wildman–Crippen MR) is 60.8 cm³/mol. The third kappa shape index (κ3) is 1.88. The van der Waals surface area contributed by atoms with Crippen molar-refractivity contribution in [1.82, 2.24) is 5.32 Å². The topological polar surface area (TPSA) is 58.4 Å². The van der Waals surface area contributed by atoms with Crippen LogP contribution in [-0.4, -0.2) is 25.5 Å². The van der Waals surface area contributed by atoms with E-state index >= 15 is 0 Å². The predicted octanol–water partition coefficient (Wildman–Crippen LogP) is 0.513. The van der Waals surface area contributed by atoms with Crippen molar-refractivity contribution in [2.45, 2.75) is 6.92 Å². The Hall–Kier alpha value is -1.71. The van der Waals surface area contributed by atoms with E-state index in [1.165, 1.54) is 0 Å². The monoisotopic (exact) mass is 205 g/mol. The van der Waals surface area contributed by atoms with Crippen molar-refractivity contribution in [3.8, 4) is 0 Å². The molecule has 0 spiro atoms. The minimum atomic E-state index is 0.0576. The first-order chi connectivity index (χ1) is 7.18. The minimum absolute atomic E-state index is 0.0576. The van der Waals surface area contributed by atoms with E-state index in [1.54, 1.807) is 0 Å². The minimum Gasteiger partial charge on any atom is -0.397 e. The zero-order valence-electron chi connectivity index (χ0n) is 8.79. The first kappa shape index (κ1) is 9.83. The summed E-state index contributed by atoms with van der Waals surface area (Å²) in [7, 11) is 0. The Bertz CT molecular complexity index is 389. The van der Waals surface area contributed by atoms with Gasteiger partial charge in [0.25, 0.3) is 0 Å². The van der Waals surface area contributed by atoms with Gasteiger partial charge in [-0.05, 0) is 18.6 Å². The van der Waals surface area contributed by atoms with Crippen LogP contribution < -0.4 is 16.0 Å². The highest BCUT2D eigenvalue weighted by molar-refractivity contribution is 5.84. The van der Waals surface area contributed by atoms with Crippen molar-refractivity contribution < 1.29 is 4.79 Å². The van der Waals surface area contributed by atoms with Crippen LogP contribution in [0.15, 0.2) is 18.2 Å². The fourth-order valence-electron chi connectivity index (χ4n) is 1.79. The fourth-order valence-corrected chi connectivity index (χ4v) is 1.79. The second-order valence-corrected chi connectivity index (χ2v) is 3.78. The van der Waals surface area contributed by atoms with E-state index in [0.717, 1.165) is 23.5 Å². The number of nitrogen functional groups attached to an aromatic ring is 1. The first-order valence-electron chi connectivity index (χ1n) is 5.05. The van der Waals surface area contributed by atoms with Crippen LogP contribution in [0.25, 0.3) is 0 Å². The molecule has 3 N–H and O–H groups in total. The second kappa shape index (κ2) is 3.81. The Kier molecular flexibility index (Phi) is 2.49. The molecule has 0 aromatic heterocycles. The Balaban J connectivity index is 2.28. The van der Waals surface area contributed by atoms with Crippen LogP contribution >= 0.6 is 0 Å². The number of nitrogens with one attached hydrogen (secondary N) is 1. The maximum Gasteiger partial charge on any atom is 0.239 e. The molecule has 1 heterocycles. The van der Waals surface area contributed by atoms with Gasteiger partial charge in [-0.1, -0.05) is 12.1 Å². The molecular formula is C11H15N3O. The lowest BCUT2D eigenvalue weighted by Crippen LogP contribution is -2.47. The number of carbonyl (C=O) groups is 1. The zero-order valence-corrected chi connectivity index (χ0v) is 8.79. The number of amides is 1. The largest absolute Gasteiger partial charge is 0.397 e. The van der Waals surface area contributed by atoms with Gasteiger partial charge in [0, 0.05) is 13.1 Å². The van der Waals surface area contributed by atoms with Gasteiger partial charge in [0.2, 0.25) is 5.91 Å². The molecule has 1 amide bonds. The SMILES string of the molecule is Cc1cccc(N2CCNC(=O)C2)c1N. The smallest absolute Gasteiger partial charge is 0.239 e. The van der Waals surface area contributed by atoms with Gasteiger partial charge in [-0.3, -0.25) is 4.79 Å². The van der Waals surface area contributed by atoms with E-state index in [-0.39, 0.29) is 5.91 Å². The molecule has 1 saturated heterocycles. The quantitative estimate of drug-likeness (QED) is 0.657. The van der Waals surface area contributed by atoms with E-state index in [4.69, 9.17) is 5.73 Å². The van der Waals surface area contributed by atoms with Crippen LogP contribution in [0.3, 0.4) is 0 Å². The molecule has 1 aliphatic rings. The average molecular weight is 205 g/mol. The highest BCUT2D eigenvalue weighted by atomic mass is 16.2. The molecule has 0 aliphatic carbocycles. The molecule has 1 aromatic rings. The van der Waals surface area contributed by atoms with E-state index in [1.807, 2.05) is 30.0 Å². The summed E-state index contributed by atoms with van der Waals surface area (Å²) in [6, 6.07) is 5.90.